The van der Waals surface area contributed by atoms with Crippen LogP contribution >= 0.6 is 11.3 Å². The number of nitrogens with zero attached hydrogens (tertiary/aromatic N) is 4. The summed E-state index contributed by atoms with van der Waals surface area (Å²) in [6, 6.07) is 0. The number of rotatable bonds is 9. The number of hydrogen-bond donors (Lipinski definition) is 2. The van der Waals surface area contributed by atoms with Crippen LogP contribution in [0.2, 0.25) is 0 Å². The van der Waals surface area contributed by atoms with Crippen molar-refractivity contribution in [2.45, 2.75) is 6.55 Å². The number of halogens is 2. The summed E-state index contributed by atoms with van der Waals surface area (Å²) in [5, 5.41) is 5.63. The second kappa shape index (κ2) is 10.4. The van der Waals surface area contributed by atoms with Crippen LogP contribution in [0.4, 0.5) is 13.6 Å². The molecular formula is C16H20F2N6O2S. The SMILES string of the molecule is C=C(CN=C(NCCN1CCOC1=O)c1nccs1)C(N)=CC=NC(F)F. The molecule has 2 rings (SSSR count). The van der Waals surface area contributed by atoms with Crippen LogP contribution < -0.4 is 11.1 Å². The van der Waals surface area contributed by atoms with Crippen molar-refractivity contribution < 1.29 is 18.3 Å². The Hall–Kier alpha value is -2.82. The molecule has 1 aliphatic heterocycles. The highest BCUT2D eigenvalue weighted by Gasteiger charge is 2.21. The average molecular weight is 398 g/mol. The molecule has 146 valence electrons. The monoisotopic (exact) mass is 398 g/mol. The van der Waals surface area contributed by atoms with Gasteiger partial charge in [0.2, 0.25) is 0 Å². The fourth-order valence-electron chi connectivity index (χ4n) is 2.05. The van der Waals surface area contributed by atoms with Crippen molar-refractivity contribution in [1.82, 2.24) is 15.2 Å². The molecule has 11 heteroatoms. The Bertz CT molecular complexity index is 733. The summed E-state index contributed by atoms with van der Waals surface area (Å²) in [7, 11) is 0. The lowest BCUT2D eigenvalue weighted by Gasteiger charge is -2.14. The number of ether oxygens (including phenoxy) is 1. The van der Waals surface area contributed by atoms with E-state index in [0.29, 0.717) is 42.7 Å². The van der Waals surface area contributed by atoms with E-state index in [0.717, 1.165) is 6.21 Å². The van der Waals surface area contributed by atoms with E-state index in [-0.39, 0.29) is 18.3 Å². The minimum atomic E-state index is -2.78. The first kappa shape index (κ1) is 20.5. The van der Waals surface area contributed by atoms with Gasteiger partial charge < -0.3 is 20.7 Å². The third kappa shape index (κ3) is 6.77. The van der Waals surface area contributed by atoms with Crippen LogP contribution in [0.15, 0.2) is 45.5 Å². The Morgan fingerprint density at radius 2 is 2.41 bits per heavy atom. The van der Waals surface area contributed by atoms with E-state index in [1.54, 1.807) is 11.1 Å². The number of thiazole rings is 1. The molecule has 0 spiro atoms. The number of amidine groups is 1. The number of amides is 1. The van der Waals surface area contributed by atoms with Gasteiger partial charge in [-0.2, -0.15) is 8.78 Å². The minimum absolute atomic E-state index is 0.151. The summed E-state index contributed by atoms with van der Waals surface area (Å²) in [5.74, 6) is 0.535. The van der Waals surface area contributed by atoms with E-state index in [9.17, 15) is 13.6 Å². The first-order valence-corrected chi connectivity index (χ1v) is 8.90. The Kier molecular flexibility index (Phi) is 7.86. The molecule has 3 N–H and O–H groups in total. The van der Waals surface area contributed by atoms with Crippen molar-refractivity contribution in [3.8, 4) is 0 Å². The number of hydrogen-bond acceptors (Lipinski definition) is 7. The standard InChI is InChI=1S/C16H20F2N6O2S/c1-11(12(19)2-3-22-15(17)18)10-23-13(14-21-5-9-27-14)20-4-6-24-7-8-26-16(24)25/h2-3,5,9,15H,1,4,6-8,10,19H2,(H,20,23). The number of carbonyl (C=O) groups excluding carboxylic acids is 1. The van der Waals surface area contributed by atoms with Crippen molar-refractivity contribution in [3.63, 3.8) is 0 Å². The fourth-order valence-corrected chi connectivity index (χ4v) is 2.67. The lowest BCUT2D eigenvalue weighted by molar-refractivity contribution is 0.158. The number of nitrogens with one attached hydrogen (secondary N) is 1. The van der Waals surface area contributed by atoms with Gasteiger partial charge in [-0.15, -0.1) is 11.3 Å². The molecule has 2 heterocycles. The largest absolute Gasteiger partial charge is 0.448 e. The predicted octanol–water partition coefficient (Wildman–Crippen LogP) is 1.62. The first-order valence-electron chi connectivity index (χ1n) is 8.02. The number of aliphatic imine (C=N–C) groups is 2. The lowest BCUT2D eigenvalue weighted by atomic mass is 10.2. The Balaban J connectivity index is 1.95. The molecule has 0 aliphatic carbocycles. The van der Waals surface area contributed by atoms with E-state index in [4.69, 9.17) is 10.5 Å². The van der Waals surface area contributed by atoms with Crippen LogP contribution in [0, 0.1) is 0 Å². The quantitative estimate of drug-likeness (QED) is 0.285. The summed E-state index contributed by atoms with van der Waals surface area (Å²) in [6.07, 6.45) is 3.50. The van der Waals surface area contributed by atoms with Gasteiger partial charge in [-0.1, -0.05) is 6.58 Å². The average Bonchev–Trinajstić information content (AvgIpc) is 3.29. The maximum Gasteiger partial charge on any atom is 0.409 e. The highest BCUT2D eigenvalue weighted by Crippen LogP contribution is 2.08. The number of cyclic esters (lactones) is 1. The van der Waals surface area contributed by atoms with Crippen molar-refractivity contribution in [2.75, 3.05) is 32.8 Å². The molecule has 0 atom stereocenters. The second-order valence-electron chi connectivity index (χ2n) is 5.33. The zero-order valence-electron chi connectivity index (χ0n) is 14.5. The van der Waals surface area contributed by atoms with Gasteiger partial charge in [0.05, 0.1) is 13.1 Å². The predicted molar refractivity (Wildman–Crippen MR) is 100 cm³/mol. The van der Waals surface area contributed by atoms with Gasteiger partial charge in [0, 0.05) is 36.6 Å². The van der Waals surface area contributed by atoms with Gasteiger partial charge in [0.15, 0.2) is 10.8 Å². The zero-order chi connectivity index (χ0) is 19.6. The zero-order valence-corrected chi connectivity index (χ0v) is 15.3. The minimum Gasteiger partial charge on any atom is -0.448 e. The molecule has 8 nitrogen and oxygen atoms in total. The van der Waals surface area contributed by atoms with E-state index < -0.39 is 6.55 Å². The Morgan fingerprint density at radius 3 is 3.04 bits per heavy atom. The first-order chi connectivity index (χ1) is 13.0. The van der Waals surface area contributed by atoms with Crippen LogP contribution in [-0.4, -0.2) is 67.4 Å². The number of aromatic nitrogens is 1. The molecule has 1 aromatic rings. The van der Waals surface area contributed by atoms with Gasteiger partial charge in [-0.05, 0) is 11.6 Å². The van der Waals surface area contributed by atoms with Gasteiger partial charge >= 0.3 is 12.6 Å². The highest BCUT2D eigenvalue weighted by molar-refractivity contribution is 7.11. The molecular weight excluding hydrogens is 378 g/mol. The normalized spacial score (nSPS) is 15.7. The highest BCUT2D eigenvalue weighted by atomic mass is 32.1. The van der Waals surface area contributed by atoms with Crippen LogP contribution in [0.5, 0.6) is 0 Å². The third-order valence-corrected chi connectivity index (χ3v) is 4.22. The molecule has 0 radical (unpaired) electrons. The van der Waals surface area contributed by atoms with Crippen molar-refractivity contribution >= 4 is 29.5 Å². The summed E-state index contributed by atoms with van der Waals surface area (Å²) < 4.78 is 28.9. The lowest BCUT2D eigenvalue weighted by Crippen LogP contribution is -2.36. The summed E-state index contributed by atoms with van der Waals surface area (Å²) in [4.78, 5) is 24.6. The van der Waals surface area contributed by atoms with E-state index in [1.807, 2.05) is 5.38 Å². The van der Waals surface area contributed by atoms with Crippen molar-refractivity contribution in [2.24, 2.45) is 15.7 Å². The molecule has 0 bridgehead atoms. The number of allylic oxidation sites excluding steroid dienone is 1. The third-order valence-electron chi connectivity index (χ3n) is 3.44. The number of carbonyl (C=O) groups is 1. The van der Waals surface area contributed by atoms with Crippen LogP contribution in [-0.2, 0) is 4.74 Å². The smallest absolute Gasteiger partial charge is 0.409 e. The van der Waals surface area contributed by atoms with Crippen LogP contribution in [0.25, 0.3) is 0 Å². The fraction of sp³-hybridized carbons (Fsp3) is 0.375. The van der Waals surface area contributed by atoms with Gasteiger partial charge in [0.25, 0.3) is 0 Å². The maximum absolute atomic E-state index is 12.0. The van der Waals surface area contributed by atoms with Gasteiger partial charge in [0.1, 0.15) is 6.61 Å². The molecule has 0 aromatic carbocycles. The summed E-state index contributed by atoms with van der Waals surface area (Å²) >= 11 is 1.40. The van der Waals surface area contributed by atoms with E-state index in [2.05, 4.69) is 26.9 Å². The Labute approximate surface area is 159 Å². The van der Waals surface area contributed by atoms with E-state index >= 15 is 0 Å². The van der Waals surface area contributed by atoms with Crippen molar-refractivity contribution in [1.29, 1.82) is 0 Å². The summed E-state index contributed by atoms with van der Waals surface area (Å²) in [6.45, 7) is 3.05. The summed E-state index contributed by atoms with van der Waals surface area (Å²) in [5.41, 5.74) is 6.43. The maximum atomic E-state index is 12.0. The number of alkyl halides is 2. The van der Waals surface area contributed by atoms with Crippen LogP contribution in [0.1, 0.15) is 5.01 Å². The van der Waals surface area contributed by atoms with E-state index in [1.165, 1.54) is 17.4 Å². The molecule has 0 saturated carbocycles. The molecule has 1 amide bonds. The van der Waals surface area contributed by atoms with Crippen molar-refractivity contribution in [3.05, 3.63) is 40.5 Å². The molecule has 1 fully saturated rings. The Morgan fingerprint density at radius 1 is 1.59 bits per heavy atom. The molecule has 1 saturated heterocycles. The molecule has 1 aliphatic rings. The topological polar surface area (TPSA) is 105 Å². The molecule has 0 unspecified atom stereocenters. The van der Waals surface area contributed by atoms with Gasteiger partial charge in [-0.3, -0.25) is 4.99 Å². The molecule has 1 aromatic heterocycles. The molecule has 27 heavy (non-hydrogen) atoms. The number of nitrogens with two attached hydrogens (primary N) is 1. The van der Waals surface area contributed by atoms with Gasteiger partial charge in [-0.25, -0.2) is 14.8 Å². The second-order valence-corrected chi connectivity index (χ2v) is 6.23. The van der Waals surface area contributed by atoms with Crippen LogP contribution in [0.3, 0.4) is 0 Å².